The van der Waals surface area contributed by atoms with E-state index < -0.39 is 5.97 Å². The van der Waals surface area contributed by atoms with Crippen molar-refractivity contribution in [2.75, 3.05) is 6.61 Å². The molecule has 0 bridgehead atoms. The summed E-state index contributed by atoms with van der Waals surface area (Å²) in [4.78, 5) is 10.3. The van der Waals surface area contributed by atoms with Crippen molar-refractivity contribution in [3.63, 3.8) is 0 Å². The number of ether oxygens (including phenoxy) is 1. The monoisotopic (exact) mass is 204 g/mol. The zero-order valence-corrected chi connectivity index (χ0v) is 8.22. The van der Waals surface area contributed by atoms with Crippen LogP contribution in [-0.2, 0) is 4.79 Å². The van der Waals surface area contributed by atoms with Crippen molar-refractivity contribution < 1.29 is 14.6 Å². The summed E-state index contributed by atoms with van der Waals surface area (Å²) in [7, 11) is 0. The third-order valence-corrected chi connectivity index (χ3v) is 1.67. The molecule has 0 saturated heterocycles. The fourth-order valence-corrected chi connectivity index (χ4v) is 0.998. The maximum atomic E-state index is 10.3. The first kappa shape index (κ1) is 11.0. The number of aliphatic carboxylic acids is 1. The molecule has 1 N–H and O–H groups in total. The largest absolute Gasteiger partial charge is 0.490 e. The first-order valence-corrected chi connectivity index (χ1v) is 4.47. The van der Waals surface area contributed by atoms with Gasteiger partial charge in [-0.2, -0.15) is 0 Å². The van der Waals surface area contributed by atoms with E-state index in [0.717, 1.165) is 17.4 Å². The smallest absolute Gasteiger partial charge is 0.328 e. The number of hydrogen-bond acceptors (Lipinski definition) is 2. The van der Waals surface area contributed by atoms with Crippen molar-refractivity contribution in [2.24, 2.45) is 0 Å². The maximum absolute atomic E-state index is 10.3. The second-order valence-electron chi connectivity index (χ2n) is 2.84. The van der Waals surface area contributed by atoms with Crippen molar-refractivity contribution in [3.05, 3.63) is 48.6 Å². The van der Waals surface area contributed by atoms with E-state index in [1.54, 1.807) is 30.3 Å². The van der Waals surface area contributed by atoms with Gasteiger partial charge in [0.1, 0.15) is 12.4 Å². The van der Waals surface area contributed by atoms with Gasteiger partial charge in [-0.05, 0) is 23.8 Å². The van der Waals surface area contributed by atoms with Gasteiger partial charge in [-0.3, -0.25) is 0 Å². The van der Waals surface area contributed by atoms with Crippen LogP contribution < -0.4 is 4.74 Å². The van der Waals surface area contributed by atoms with Gasteiger partial charge in [0.05, 0.1) is 0 Å². The molecule has 0 aromatic heterocycles. The topological polar surface area (TPSA) is 46.5 Å². The Hall–Kier alpha value is -2.03. The predicted octanol–water partition coefficient (Wildman–Crippen LogP) is 2.35. The Balaban J connectivity index is 2.63. The number of rotatable bonds is 5. The van der Waals surface area contributed by atoms with Crippen molar-refractivity contribution >= 4 is 12.0 Å². The van der Waals surface area contributed by atoms with Crippen molar-refractivity contribution in [3.8, 4) is 5.75 Å². The standard InChI is InChI=1S/C12H12O3/c1-2-9-15-11-6-3-10(4-7-11)5-8-12(13)14/h2-8H,1,9H2,(H,13,14). The molecule has 3 nitrogen and oxygen atoms in total. The molecule has 0 atom stereocenters. The lowest BCUT2D eigenvalue weighted by Crippen LogP contribution is -1.92. The number of carboxylic acids is 1. The maximum Gasteiger partial charge on any atom is 0.328 e. The predicted molar refractivity (Wildman–Crippen MR) is 58.8 cm³/mol. The van der Waals surface area contributed by atoms with Gasteiger partial charge in [-0.15, -0.1) is 0 Å². The molecule has 0 amide bonds. The average molecular weight is 204 g/mol. The molecule has 0 radical (unpaired) electrons. The minimum absolute atomic E-state index is 0.463. The number of carbonyl (C=O) groups is 1. The molecule has 0 fully saturated rings. The summed E-state index contributed by atoms with van der Waals surface area (Å²) in [5, 5.41) is 8.42. The molecule has 0 spiro atoms. The summed E-state index contributed by atoms with van der Waals surface area (Å²) in [6.45, 7) is 4.00. The van der Waals surface area contributed by atoms with Crippen LogP contribution in [-0.4, -0.2) is 17.7 Å². The van der Waals surface area contributed by atoms with E-state index in [0.29, 0.717) is 6.61 Å². The lowest BCUT2D eigenvalue weighted by molar-refractivity contribution is -0.131. The van der Waals surface area contributed by atoms with E-state index in [1.807, 2.05) is 0 Å². The van der Waals surface area contributed by atoms with E-state index in [1.165, 1.54) is 6.08 Å². The average Bonchev–Trinajstić information content (AvgIpc) is 2.25. The highest BCUT2D eigenvalue weighted by Gasteiger charge is 1.92. The third-order valence-electron chi connectivity index (χ3n) is 1.67. The van der Waals surface area contributed by atoms with Gasteiger partial charge in [-0.1, -0.05) is 24.8 Å². The SMILES string of the molecule is C=CCOc1ccc(C=CC(=O)O)cc1. The summed E-state index contributed by atoms with van der Waals surface area (Å²) in [5.74, 6) is -0.218. The molecule has 0 aliphatic rings. The first-order valence-electron chi connectivity index (χ1n) is 4.47. The Kier molecular flexibility index (Phi) is 4.16. The van der Waals surface area contributed by atoms with Crippen LogP contribution in [0.1, 0.15) is 5.56 Å². The zero-order chi connectivity index (χ0) is 11.1. The van der Waals surface area contributed by atoms with Gasteiger partial charge < -0.3 is 9.84 Å². The Morgan fingerprint density at radius 2 is 2.07 bits per heavy atom. The van der Waals surface area contributed by atoms with Gasteiger partial charge >= 0.3 is 5.97 Å². The summed E-state index contributed by atoms with van der Waals surface area (Å²) < 4.78 is 5.28. The first-order chi connectivity index (χ1) is 7.22. The fraction of sp³-hybridized carbons (Fsp3) is 0.0833. The van der Waals surface area contributed by atoms with Gasteiger partial charge in [0, 0.05) is 6.08 Å². The third kappa shape index (κ3) is 4.13. The molecule has 1 rings (SSSR count). The van der Waals surface area contributed by atoms with Crippen LogP contribution in [0.15, 0.2) is 43.0 Å². The second kappa shape index (κ2) is 5.65. The Morgan fingerprint density at radius 1 is 1.40 bits per heavy atom. The van der Waals surface area contributed by atoms with Crippen molar-refractivity contribution in [1.29, 1.82) is 0 Å². The summed E-state index contributed by atoms with van der Waals surface area (Å²) in [5.41, 5.74) is 0.823. The quantitative estimate of drug-likeness (QED) is 0.591. The lowest BCUT2D eigenvalue weighted by Gasteiger charge is -2.02. The zero-order valence-electron chi connectivity index (χ0n) is 8.22. The fourth-order valence-electron chi connectivity index (χ4n) is 0.998. The molecular weight excluding hydrogens is 192 g/mol. The molecule has 15 heavy (non-hydrogen) atoms. The number of hydrogen-bond donors (Lipinski definition) is 1. The highest BCUT2D eigenvalue weighted by molar-refractivity contribution is 5.85. The molecule has 0 saturated carbocycles. The molecule has 0 heterocycles. The number of benzene rings is 1. The van der Waals surface area contributed by atoms with Crippen molar-refractivity contribution in [1.82, 2.24) is 0 Å². The Labute approximate surface area is 88.3 Å². The van der Waals surface area contributed by atoms with Gasteiger partial charge in [0.2, 0.25) is 0 Å². The molecule has 78 valence electrons. The van der Waals surface area contributed by atoms with Crippen molar-refractivity contribution in [2.45, 2.75) is 0 Å². The van der Waals surface area contributed by atoms with Crippen LogP contribution in [0.25, 0.3) is 6.08 Å². The molecule has 1 aromatic rings. The lowest BCUT2D eigenvalue weighted by atomic mass is 10.2. The van der Waals surface area contributed by atoms with Gasteiger partial charge in [-0.25, -0.2) is 4.79 Å². The molecule has 0 unspecified atom stereocenters. The summed E-state index contributed by atoms with van der Waals surface area (Å²) >= 11 is 0. The van der Waals surface area contributed by atoms with E-state index in [2.05, 4.69) is 6.58 Å². The molecule has 1 aromatic carbocycles. The van der Waals surface area contributed by atoms with E-state index in [9.17, 15) is 4.79 Å². The number of carboxylic acid groups (broad SMARTS) is 1. The normalized spacial score (nSPS) is 10.1. The molecule has 0 aliphatic heterocycles. The Morgan fingerprint density at radius 3 is 2.60 bits per heavy atom. The summed E-state index contributed by atoms with van der Waals surface area (Å²) in [6, 6.07) is 7.14. The second-order valence-corrected chi connectivity index (χ2v) is 2.84. The van der Waals surface area contributed by atoms with Gasteiger partial charge in [0.15, 0.2) is 0 Å². The van der Waals surface area contributed by atoms with Crippen LogP contribution in [0.3, 0.4) is 0 Å². The molecule has 0 aliphatic carbocycles. The van der Waals surface area contributed by atoms with Crippen LogP contribution >= 0.6 is 0 Å². The van der Waals surface area contributed by atoms with Crippen LogP contribution in [0, 0.1) is 0 Å². The van der Waals surface area contributed by atoms with Crippen LogP contribution in [0.2, 0.25) is 0 Å². The van der Waals surface area contributed by atoms with E-state index in [4.69, 9.17) is 9.84 Å². The van der Waals surface area contributed by atoms with Crippen LogP contribution in [0.4, 0.5) is 0 Å². The summed E-state index contributed by atoms with van der Waals surface area (Å²) in [6.07, 6.45) is 4.29. The van der Waals surface area contributed by atoms with E-state index in [-0.39, 0.29) is 0 Å². The minimum Gasteiger partial charge on any atom is -0.490 e. The van der Waals surface area contributed by atoms with Crippen LogP contribution in [0.5, 0.6) is 5.75 Å². The Bertz CT molecular complexity index is 363. The molecule has 3 heteroatoms. The minimum atomic E-state index is -0.956. The highest BCUT2D eigenvalue weighted by atomic mass is 16.5. The highest BCUT2D eigenvalue weighted by Crippen LogP contribution is 2.12. The molecular formula is C12H12O3. The van der Waals surface area contributed by atoms with Gasteiger partial charge in [0.25, 0.3) is 0 Å². The van der Waals surface area contributed by atoms with E-state index >= 15 is 0 Å².